The Labute approximate surface area is 148 Å². The summed E-state index contributed by atoms with van der Waals surface area (Å²) in [5, 5.41) is 3.44. The van der Waals surface area contributed by atoms with Crippen LogP contribution >= 0.6 is 0 Å². The largest absolute Gasteiger partial charge is 0.385 e. The normalized spacial score (nSPS) is 25.9. The van der Waals surface area contributed by atoms with E-state index in [1.807, 2.05) is 0 Å². The Morgan fingerprint density at radius 1 is 1.08 bits per heavy atom. The van der Waals surface area contributed by atoms with Gasteiger partial charge in [-0.15, -0.1) is 0 Å². The molecule has 2 aromatic rings. The topological polar surface area (TPSA) is 47.3 Å². The van der Waals surface area contributed by atoms with Gasteiger partial charge in [0.15, 0.2) is 0 Å². The van der Waals surface area contributed by atoms with Gasteiger partial charge in [-0.1, -0.05) is 38.1 Å². The van der Waals surface area contributed by atoms with Gasteiger partial charge >= 0.3 is 0 Å². The van der Waals surface area contributed by atoms with Crippen molar-refractivity contribution < 1.29 is 9.13 Å². The lowest BCUT2D eigenvalue weighted by Gasteiger charge is -2.38. The molecule has 2 fully saturated rings. The Hall–Kier alpha value is -1.91. The minimum Gasteiger partial charge on any atom is -0.385 e. The SMILES string of the molecule is CC1(C)C(CNc2ccc(F)cc2)C1c1ccc(C2(N)COC2)cc1. The van der Waals surface area contributed by atoms with E-state index in [0.29, 0.717) is 25.0 Å². The second kappa shape index (κ2) is 5.82. The minimum atomic E-state index is -0.304. The number of halogens is 1. The standard InChI is InChI=1S/C21H25FN2O/c1-20(2)18(11-24-17-9-7-16(22)8-10-17)19(20)14-3-5-15(6-4-14)21(23)12-25-13-21/h3-10,18-19,24H,11-13,23H2,1-2H3. The maximum atomic E-state index is 13.0. The first kappa shape index (κ1) is 16.6. The molecule has 2 aromatic carbocycles. The second-order valence-electron chi connectivity index (χ2n) is 8.06. The maximum absolute atomic E-state index is 13.0. The molecule has 1 saturated carbocycles. The van der Waals surface area contributed by atoms with E-state index in [9.17, 15) is 4.39 Å². The number of nitrogens with two attached hydrogens (primary N) is 1. The summed E-state index contributed by atoms with van der Waals surface area (Å²) < 4.78 is 18.3. The molecule has 132 valence electrons. The van der Waals surface area contributed by atoms with Gasteiger partial charge < -0.3 is 15.8 Å². The summed E-state index contributed by atoms with van der Waals surface area (Å²) in [5.41, 5.74) is 9.75. The third-order valence-electron chi connectivity index (χ3n) is 5.98. The number of hydrogen-bond acceptors (Lipinski definition) is 3. The molecule has 1 saturated heterocycles. The molecule has 0 amide bonds. The predicted octanol–water partition coefficient (Wildman–Crippen LogP) is 3.86. The van der Waals surface area contributed by atoms with Crippen LogP contribution in [0.5, 0.6) is 0 Å². The first-order valence-corrected chi connectivity index (χ1v) is 8.87. The predicted molar refractivity (Wildman–Crippen MR) is 98.0 cm³/mol. The van der Waals surface area contributed by atoms with Crippen LogP contribution in [0, 0.1) is 17.2 Å². The molecule has 3 nitrogen and oxygen atoms in total. The molecule has 25 heavy (non-hydrogen) atoms. The number of ether oxygens (including phenoxy) is 1. The number of anilines is 1. The van der Waals surface area contributed by atoms with E-state index in [4.69, 9.17) is 10.5 Å². The van der Waals surface area contributed by atoms with Crippen LogP contribution in [-0.2, 0) is 10.3 Å². The van der Waals surface area contributed by atoms with E-state index in [1.54, 1.807) is 12.1 Å². The highest BCUT2D eigenvalue weighted by atomic mass is 19.1. The molecule has 4 rings (SSSR count). The summed E-state index contributed by atoms with van der Waals surface area (Å²) in [4.78, 5) is 0. The number of nitrogens with one attached hydrogen (secondary N) is 1. The average Bonchev–Trinajstić information content (AvgIpc) is 3.13. The van der Waals surface area contributed by atoms with Gasteiger partial charge in [-0.05, 0) is 52.6 Å². The summed E-state index contributed by atoms with van der Waals surface area (Å²) >= 11 is 0. The van der Waals surface area contributed by atoms with Gasteiger partial charge in [0.2, 0.25) is 0 Å². The van der Waals surface area contributed by atoms with Gasteiger partial charge in [0.05, 0.1) is 18.8 Å². The van der Waals surface area contributed by atoms with Crippen molar-refractivity contribution in [2.75, 3.05) is 25.1 Å². The lowest BCUT2D eigenvalue weighted by Crippen LogP contribution is -2.54. The van der Waals surface area contributed by atoms with Crippen LogP contribution in [0.1, 0.15) is 30.9 Å². The quantitative estimate of drug-likeness (QED) is 0.869. The lowest BCUT2D eigenvalue weighted by atomic mass is 9.88. The van der Waals surface area contributed by atoms with Gasteiger partial charge in [-0.2, -0.15) is 0 Å². The molecule has 1 heterocycles. The van der Waals surface area contributed by atoms with Gasteiger partial charge in [-0.25, -0.2) is 4.39 Å². The Kier molecular flexibility index (Phi) is 3.85. The van der Waals surface area contributed by atoms with E-state index >= 15 is 0 Å². The van der Waals surface area contributed by atoms with Crippen molar-refractivity contribution in [3.63, 3.8) is 0 Å². The van der Waals surface area contributed by atoms with E-state index in [-0.39, 0.29) is 16.8 Å². The van der Waals surface area contributed by atoms with Gasteiger partial charge in [0, 0.05) is 12.2 Å². The van der Waals surface area contributed by atoms with Crippen molar-refractivity contribution in [3.05, 3.63) is 65.5 Å². The first-order valence-electron chi connectivity index (χ1n) is 8.87. The highest BCUT2D eigenvalue weighted by molar-refractivity contribution is 5.44. The molecule has 0 spiro atoms. The van der Waals surface area contributed by atoms with Crippen LogP contribution in [-0.4, -0.2) is 19.8 Å². The number of rotatable bonds is 5. The van der Waals surface area contributed by atoms with E-state index < -0.39 is 0 Å². The summed E-state index contributed by atoms with van der Waals surface area (Å²) in [5.74, 6) is 0.882. The monoisotopic (exact) mass is 340 g/mol. The van der Waals surface area contributed by atoms with Crippen molar-refractivity contribution >= 4 is 5.69 Å². The zero-order valence-electron chi connectivity index (χ0n) is 14.8. The molecule has 2 aliphatic rings. The fourth-order valence-corrected chi connectivity index (χ4v) is 4.09. The molecule has 1 aliphatic heterocycles. The van der Waals surface area contributed by atoms with Crippen LogP contribution in [0.4, 0.5) is 10.1 Å². The molecule has 1 aliphatic carbocycles. The molecule has 0 bridgehead atoms. The zero-order valence-corrected chi connectivity index (χ0v) is 14.8. The van der Waals surface area contributed by atoms with Gasteiger partial charge in [0.25, 0.3) is 0 Å². The molecule has 4 heteroatoms. The minimum absolute atomic E-state index is 0.204. The van der Waals surface area contributed by atoms with Crippen molar-refractivity contribution in [3.8, 4) is 0 Å². The van der Waals surface area contributed by atoms with Crippen LogP contribution in [0.25, 0.3) is 0 Å². The Balaban J connectivity index is 1.42. The molecular weight excluding hydrogens is 315 g/mol. The number of benzene rings is 2. The Morgan fingerprint density at radius 2 is 1.72 bits per heavy atom. The summed E-state index contributed by atoms with van der Waals surface area (Å²) in [6, 6.07) is 15.3. The highest BCUT2D eigenvalue weighted by Crippen LogP contribution is 2.64. The first-order chi connectivity index (χ1) is 11.9. The Bertz CT molecular complexity index is 750. The third-order valence-corrected chi connectivity index (χ3v) is 5.98. The van der Waals surface area contributed by atoms with Crippen LogP contribution < -0.4 is 11.1 Å². The molecule has 2 unspecified atom stereocenters. The summed E-state index contributed by atoms with van der Waals surface area (Å²) in [6.07, 6.45) is 0. The van der Waals surface area contributed by atoms with Crippen molar-refractivity contribution in [1.29, 1.82) is 0 Å². The van der Waals surface area contributed by atoms with Crippen LogP contribution in [0.2, 0.25) is 0 Å². The van der Waals surface area contributed by atoms with Crippen LogP contribution in [0.15, 0.2) is 48.5 Å². The third kappa shape index (κ3) is 2.94. The fraction of sp³-hybridized carbons (Fsp3) is 0.429. The molecule has 0 aromatic heterocycles. The lowest BCUT2D eigenvalue weighted by molar-refractivity contribution is -0.0569. The smallest absolute Gasteiger partial charge is 0.123 e. The fourth-order valence-electron chi connectivity index (χ4n) is 4.09. The zero-order chi connectivity index (χ0) is 17.7. The molecule has 2 atom stereocenters. The highest BCUT2D eigenvalue weighted by Gasteiger charge is 2.57. The van der Waals surface area contributed by atoms with Crippen molar-refractivity contribution in [2.45, 2.75) is 25.3 Å². The van der Waals surface area contributed by atoms with Gasteiger partial charge in [0.1, 0.15) is 5.82 Å². The van der Waals surface area contributed by atoms with E-state index in [0.717, 1.165) is 17.8 Å². The molecule has 3 N–H and O–H groups in total. The average molecular weight is 340 g/mol. The number of hydrogen-bond donors (Lipinski definition) is 2. The van der Waals surface area contributed by atoms with Crippen molar-refractivity contribution in [1.82, 2.24) is 0 Å². The second-order valence-corrected chi connectivity index (χ2v) is 8.06. The van der Waals surface area contributed by atoms with Crippen molar-refractivity contribution in [2.24, 2.45) is 17.1 Å². The van der Waals surface area contributed by atoms with E-state index in [2.05, 4.69) is 43.4 Å². The Morgan fingerprint density at radius 3 is 2.28 bits per heavy atom. The van der Waals surface area contributed by atoms with Gasteiger partial charge in [-0.3, -0.25) is 0 Å². The summed E-state index contributed by atoms with van der Waals surface area (Å²) in [6.45, 7) is 6.72. The molecule has 0 radical (unpaired) electrons. The molecular formula is C21H25FN2O. The van der Waals surface area contributed by atoms with Crippen LogP contribution in [0.3, 0.4) is 0 Å². The summed E-state index contributed by atoms with van der Waals surface area (Å²) in [7, 11) is 0. The van der Waals surface area contributed by atoms with E-state index in [1.165, 1.54) is 17.7 Å². The maximum Gasteiger partial charge on any atom is 0.123 e.